The van der Waals surface area contributed by atoms with E-state index >= 15 is 0 Å². The van der Waals surface area contributed by atoms with Gasteiger partial charge in [-0.05, 0) is 25.1 Å². The zero-order valence-corrected chi connectivity index (χ0v) is 17.7. The Morgan fingerprint density at radius 2 is 1.89 bits per heavy atom. The first-order valence-corrected chi connectivity index (χ1v) is 10.1. The second-order valence-corrected chi connectivity index (χ2v) is 8.19. The van der Waals surface area contributed by atoms with Crippen LogP contribution < -0.4 is 36.6 Å². The van der Waals surface area contributed by atoms with E-state index in [4.69, 9.17) is 0 Å². The molecule has 0 saturated carbocycles. The lowest BCUT2D eigenvalue weighted by atomic mass is 10.3. The van der Waals surface area contributed by atoms with E-state index in [1.165, 1.54) is 4.90 Å². The van der Waals surface area contributed by atoms with Crippen molar-refractivity contribution in [1.29, 1.82) is 0 Å². The molecule has 7 heteroatoms. The van der Waals surface area contributed by atoms with E-state index in [-0.39, 0.29) is 18.0 Å². The van der Waals surface area contributed by atoms with Crippen LogP contribution in [0.2, 0.25) is 0 Å². The highest BCUT2D eigenvalue weighted by atomic mass is 35.5. The van der Waals surface area contributed by atoms with Crippen LogP contribution in [0, 0.1) is 0 Å². The van der Waals surface area contributed by atoms with Gasteiger partial charge in [0.1, 0.15) is 21.3 Å². The highest BCUT2D eigenvalue weighted by Crippen LogP contribution is 2.44. The summed E-state index contributed by atoms with van der Waals surface area (Å²) >= 11 is 3.24. The lowest BCUT2D eigenvalue weighted by Crippen LogP contribution is -3.00. The summed E-state index contributed by atoms with van der Waals surface area (Å²) < 4.78 is 5.70. The van der Waals surface area contributed by atoms with Gasteiger partial charge in [0.25, 0.3) is 5.56 Å². The highest BCUT2D eigenvalue weighted by molar-refractivity contribution is 8.08. The van der Waals surface area contributed by atoms with Gasteiger partial charge in [-0.25, -0.2) is 4.57 Å². The number of thioether (sulfide) groups is 1. The van der Waals surface area contributed by atoms with Crippen molar-refractivity contribution in [3.63, 3.8) is 0 Å². The molecular weight excluding hydrogens is 398 g/mol. The molecule has 1 aliphatic heterocycles. The minimum Gasteiger partial charge on any atom is -1.00 e. The first kappa shape index (κ1) is 19.7. The van der Waals surface area contributed by atoms with Crippen molar-refractivity contribution in [2.45, 2.75) is 18.4 Å². The zero-order chi connectivity index (χ0) is 18.3. The number of anilines is 1. The Bertz CT molecular complexity index is 1170. The van der Waals surface area contributed by atoms with Crippen LogP contribution in [0.4, 0.5) is 5.69 Å². The molecule has 0 N–H and O–H groups in total. The number of thiazole rings is 1. The molecule has 0 bridgehead atoms. The fourth-order valence-electron chi connectivity index (χ4n) is 3.08. The number of para-hydroxylation sites is 1. The Morgan fingerprint density at radius 3 is 2.59 bits per heavy atom. The van der Waals surface area contributed by atoms with E-state index in [1.54, 1.807) is 23.1 Å². The number of pyridine rings is 1. The van der Waals surface area contributed by atoms with Crippen molar-refractivity contribution in [2.24, 2.45) is 7.05 Å². The van der Waals surface area contributed by atoms with Crippen LogP contribution >= 0.6 is 23.1 Å². The fraction of sp³-hybridized carbons (Fsp3) is 0.200. The molecule has 3 heterocycles. The Balaban J connectivity index is 0.00000210. The molecule has 1 aromatic carbocycles. The first-order chi connectivity index (χ1) is 12.6. The monoisotopic (exact) mass is 417 g/mol. The van der Waals surface area contributed by atoms with Crippen LogP contribution in [0.3, 0.4) is 0 Å². The van der Waals surface area contributed by atoms with Gasteiger partial charge in [-0.1, -0.05) is 23.9 Å². The number of aryl methyl sites for hydroxylation is 1. The molecule has 27 heavy (non-hydrogen) atoms. The van der Waals surface area contributed by atoms with Gasteiger partial charge in [0.2, 0.25) is 5.69 Å². The predicted octanol–water partition coefficient (Wildman–Crippen LogP) is -1.11. The maximum Gasteiger partial charge on any atom is 0.271 e. The third kappa shape index (κ3) is 3.45. The molecule has 0 unspecified atom stereocenters. The fourth-order valence-corrected chi connectivity index (χ4v) is 5.54. The minimum atomic E-state index is 0. The number of benzene rings is 1. The normalized spacial score (nSPS) is 15.7. The molecule has 4 nitrogen and oxygen atoms in total. The van der Waals surface area contributed by atoms with Gasteiger partial charge in [0.15, 0.2) is 6.20 Å². The van der Waals surface area contributed by atoms with Crippen molar-refractivity contribution < 1.29 is 17.0 Å². The molecular formula is C20H20ClN3OS2. The van der Waals surface area contributed by atoms with Gasteiger partial charge in [0.05, 0.1) is 5.69 Å². The Morgan fingerprint density at radius 1 is 1.15 bits per heavy atom. The third-order valence-electron chi connectivity index (χ3n) is 4.53. The summed E-state index contributed by atoms with van der Waals surface area (Å²) in [5.74, 6) is 0. The molecule has 140 valence electrons. The molecule has 0 spiro atoms. The van der Waals surface area contributed by atoms with E-state index < -0.39 is 0 Å². The highest BCUT2D eigenvalue weighted by Gasteiger charge is 2.24. The molecule has 0 atom stereocenters. The SMILES string of the molecule is CCn1c(=O)/c(=C2/Sc3ccccc3N2C)s/c1=C\c1cccc[n+]1C.[Cl-]. The van der Waals surface area contributed by atoms with Crippen LogP contribution in [0.5, 0.6) is 0 Å². The Labute approximate surface area is 172 Å². The number of hydrogen-bond acceptors (Lipinski definition) is 4. The molecule has 2 aromatic heterocycles. The molecule has 0 radical (unpaired) electrons. The number of aromatic nitrogens is 2. The smallest absolute Gasteiger partial charge is 0.271 e. The topological polar surface area (TPSA) is 29.1 Å². The number of halogens is 1. The molecule has 3 aromatic rings. The second-order valence-electron chi connectivity index (χ2n) is 6.13. The van der Waals surface area contributed by atoms with Crippen molar-refractivity contribution in [3.8, 4) is 0 Å². The summed E-state index contributed by atoms with van der Waals surface area (Å²) in [4.78, 5) is 16.4. The largest absolute Gasteiger partial charge is 1.00 e. The molecule has 0 fully saturated rings. The Kier molecular flexibility index (Phi) is 5.79. The summed E-state index contributed by atoms with van der Waals surface area (Å²) in [6.45, 7) is 2.68. The molecule has 1 aliphatic rings. The van der Waals surface area contributed by atoms with Gasteiger partial charge in [-0.3, -0.25) is 9.36 Å². The number of nitrogens with zero attached hydrogens (tertiary/aromatic N) is 3. The maximum atomic E-state index is 13.1. The van der Waals surface area contributed by atoms with Crippen molar-refractivity contribution in [3.05, 3.63) is 73.9 Å². The summed E-state index contributed by atoms with van der Waals surface area (Å²) in [5.41, 5.74) is 2.32. The van der Waals surface area contributed by atoms with Gasteiger partial charge in [0, 0.05) is 36.7 Å². The lowest BCUT2D eigenvalue weighted by Gasteiger charge is -2.11. The van der Waals surface area contributed by atoms with Gasteiger partial charge in [-0.15, -0.1) is 11.3 Å². The van der Waals surface area contributed by atoms with E-state index in [9.17, 15) is 4.79 Å². The molecule has 4 rings (SSSR count). The standard InChI is InChI=1S/C20H20N3OS2.ClH/c1-4-23-17(13-14-9-7-8-12-21(14)2)26-18(19(23)24)20-22(3)15-10-5-6-11-16(15)25-20;/h5-13H,4H2,1-3H3;1H/q+1;/p-1/b20-18-;. The second kappa shape index (κ2) is 7.92. The maximum absolute atomic E-state index is 13.1. The zero-order valence-electron chi connectivity index (χ0n) is 15.3. The summed E-state index contributed by atoms with van der Waals surface area (Å²) in [7, 11) is 4.05. The van der Waals surface area contributed by atoms with Crippen molar-refractivity contribution >= 4 is 39.9 Å². The average molecular weight is 418 g/mol. The van der Waals surface area contributed by atoms with Gasteiger partial charge < -0.3 is 17.3 Å². The van der Waals surface area contributed by atoms with Gasteiger partial charge >= 0.3 is 0 Å². The summed E-state index contributed by atoms with van der Waals surface area (Å²) in [6.07, 6.45) is 4.10. The summed E-state index contributed by atoms with van der Waals surface area (Å²) in [5, 5.41) is 1.01. The van der Waals surface area contributed by atoms with Gasteiger partial charge in [-0.2, -0.15) is 0 Å². The first-order valence-electron chi connectivity index (χ1n) is 8.51. The van der Waals surface area contributed by atoms with Crippen LogP contribution in [0.25, 0.3) is 11.1 Å². The summed E-state index contributed by atoms with van der Waals surface area (Å²) in [6, 6.07) is 14.3. The minimum absolute atomic E-state index is 0. The van der Waals surface area contributed by atoms with E-state index in [0.717, 1.165) is 25.6 Å². The van der Waals surface area contributed by atoms with E-state index in [0.29, 0.717) is 6.54 Å². The van der Waals surface area contributed by atoms with Crippen LogP contribution in [0.1, 0.15) is 12.6 Å². The van der Waals surface area contributed by atoms with Crippen LogP contribution in [-0.4, -0.2) is 11.6 Å². The van der Waals surface area contributed by atoms with Crippen LogP contribution in [-0.2, 0) is 13.6 Å². The number of rotatable bonds is 2. The van der Waals surface area contributed by atoms with E-state index in [2.05, 4.69) is 33.7 Å². The predicted molar refractivity (Wildman–Crippen MR) is 109 cm³/mol. The van der Waals surface area contributed by atoms with Crippen molar-refractivity contribution in [1.82, 2.24) is 4.57 Å². The molecule has 0 saturated heterocycles. The number of fused-ring (bicyclic) bond motifs is 1. The quantitative estimate of drug-likeness (QED) is 0.495. The Hall–Kier alpha value is -2.02. The molecule has 0 amide bonds. The lowest BCUT2D eigenvalue weighted by molar-refractivity contribution is -0.673. The molecule has 0 aliphatic carbocycles. The van der Waals surface area contributed by atoms with Crippen molar-refractivity contribution in [2.75, 3.05) is 11.9 Å². The van der Waals surface area contributed by atoms with E-state index in [1.807, 2.05) is 56.0 Å². The van der Waals surface area contributed by atoms with Crippen LogP contribution in [0.15, 0.2) is 58.4 Å². The number of hydrogen-bond donors (Lipinski definition) is 0. The third-order valence-corrected chi connectivity index (χ3v) is 7.01. The average Bonchev–Trinajstić information content (AvgIpc) is 3.14.